The first-order valence-corrected chi connectivity index (χ1v) is 5.12. The predicted molar refractivity (Wildman–Crippen MR) is 62.7 cm³/mol. The van der Waals surface area contributed by atoms with Gasteiger partial charge in [-0.2, -0.15) is 0 Å². The number of fused-ring (bicyclic) bond motifs is 1. The lowest BCUT2D eigenvalue weighted by molar-refractivity contribution is 0.253. The molecule has 0 fully saturated rings. The SMILES string of the molecule is CC(=N)c1ccc2c(c1)C=C(C)C(C)O2. The highest BCUT2D eigenvalue weighted by Crippen LogP contribution is 2.30. The molecule has 78 valence electrons. The van der Waals surface area contributed by atoms with Gasteiger partial charge in [0.15, 0.2) is 0 Å². The van der Waals surface area contributed by atoms with Crippen LogP contribution in [0.15, 0.2) is 23.8 Å². The van der Waals surface area contributed by atoms with Crippen LogP contribution >= 0.6 is 0 Å². The fourth-order valence-electron chi connectivity index (χ4n) is 1.65. The van der Waals surface area contributed by atoms with Gasteiger partial charge in [0.25, 0.3) is 0 Å². The van der Waals surface area contributed by atoms with Crippen LogP contribution in [0, 0.1) is 5.41 Å². The maximum Gasteiger partial charge on any atom is 0.127 e. The zero-order valence-electron chi connectivity index (χ0n) is 9.29. The Morgan fingerprint density at radius 3 is 2.80 bits per heavy atom. The molecule has 15 heavy (non-hydrogen) atoms. The molecule has 1 aliphatic heterocycles. The van der Waals surface area contributed by atoms with Crippen LogP contribution in [0.3, 0.4) is 0 Å². The summed E-state index contributed by atoms with van der Waals surface area (Å²) in [5.74, 6) is 0.915. The molecule has 0 aliphatic carbocycles. The summed E-state index contributed by atoms with van der Waals surface area (Å²) in [6.45, 7) is 5.91. The maximum absolute atomic E-state index is 7.58. The number of benzene rings is 1. The molecule has 1 unspecified atom stereocenters. The molecule has 1 aliphatic rings. The van der Waals surface area contributed by atoms with Crippen LogP contribution in [-0.2, 0) is 0 Å². The standard InChI is InChI=1S/C13H15NO/c1-8-6-12-7-11(9(2)14)4-5-13(12)15-10(8)3/h4-7,10,14H,1-3H3. The molecular weight excluding hydrogens is 186 g/mol. The molecule has 0 saturated heterocycles. The van der Waals surface area contributed by atoms with Crippen LogP contribution in [-0.4, -0.2) is 11.8 Å². The summed E-state index contributed by atoms with van der Waals surface area (Å²) in [5, 5.41) is 7.58. The molecule has 0 bridgehead atoms. The van der Waals surface area contributed by atoms with Gasteiger partial charge in [-0.1, -0.05) is 0 Å². The van der Waals surface area contributed by atoms with Crippen molar-refractivity contribution < 1.29 is 4.74 Å². The lowest BCUT2D eigenvalue weighted by Crippen LogP contribution is -2.17. The van der Waals surface area contributed by atoms with Crippen LogP contribution < -0.4 is 4.74 Å². The summed E-state index contributed by atoms with van der Waals surface area (Å²) in [5.41, 5.74) is 3.84. The van der Waals surface area contributed by atoms with Crippen LogP contribution in [0.2, 0.25) is 0 Å². The molecule has 1 N–H and O–H groups in total. The third-order valence-corrected chi connectivity index (χ3v) is 2.77. The van der Waals surface area contributed by atoms with Gasteiger partial charge in [-0.15, -0.1) is 0 Å². The minimum absolute atomic E-state index is 0.157. The van der Waals surface area contributed by atoms with Gasteiger partial charge in [-0.05, 0) is 56.2 Å². The Kier molecular flexibility index (Phi) is 2.35. The van der Waals surface area contributed by atoms with E-state index >= 15 is 0 Å². The maximum atomic E-state index is 7.58. The Hall–Kier alpha value is -1.57. The number of nitrogens with one attached hydrogen (secondary N) is 1. The van der Waals surface area contributed by atoms with Gasteiger partial charge in [0.2, 0.25) is 0 Å². The molecule has 2 nitrogen and oxygen atoms in total. The van der Waals surface area contributed by atoms with Crippen molar-refractivity contribution in [1.82, 2.24) is 0 Å². The van der Waals surface area contributed by atoms with Crippen LogP contribution in [0.4, 0.5) is 0 Å². The fourth-order valence-corrected chi connectivity index (χ4v) is 1.65. The molecular formula is C13H15NO. The zero-order valence-corrected chi connectivity index (χ0v) is 9.29. The van der Waals surface area contributed by atoms with E-state index in [1.807, 2.05) is 25.1 Å². The zero-order chi connectivity index (χ0) is 11.0. The van der Waals surface area contributed by atoms with Crippen LogP contribution in [0.5, 0.6) is 5.75 Å². The molecule has 2 heteroatoms. The minimum Gasteiger partial charge on any atom is -0.486 e. The fraction of sp³-hybridized carbons (Fsp3) is 0.308. The van der Waals surface area contributed by atoms with Crippen molar-refractivity contribution in [3.8, 4) is 5.75 Å². The van der Waals surface area contributed by atoms with E-state index in [-0.39, 0.29) is 6.10 Å². The van der Waals surface area contributed by atoms with Crippen LogP contribution in [0.25, 0.3) is 6.08 Å². The Balaban J connectivity index is 2.49. The summed E-state index contributed by atoms with van der Waals surface area (Å²) in [6.07, 6.45) is 2.29. The van der Waals surface area contributed by atoms with E-state index in [4.69, 9.17) is 10.1 Å². The Morgan fingerprint density at radius 1 is 1.40 bits per heavy atom. The van der Waals surface area contributed by atoms with Gasteiger partial charge >= 0.3 is 0 Å². The van der Waals surface area contributed by atoms with Gasteiger partial charge in [-0.3, -0.25) is 0 Å². The highest BCUT2D eigenvalue weighted by Gasteiger charge is 2.15. The Morgan fingerprint density at radius 2 is 2.13 bits per heavy atom. The van der Waals surface area contributed by atoms with Gasteiger partial charge < -0.3 is 10.1 Å². The van der Waals surface area contributed by atoms with Crippen molar-refractivity contribution in [3.05, 3.63) is 34.9 Å². The minimum atomic E-state index is 0.157. The third-order valence-electron chi connectivity index (χ3n) is 2.77. The van der Waals surface area contributed by atoms with E-state index in [9.17, 15) is 0 Å². The molecule has 1 atom stereocenters. The first-order chi connectivity index (χ1) is 7.08. The van der Waals surface area contributed by atoms with Crippen molar-refractivity contribution in [2.24, 2.45) is 0 Å². The largest absolute Gasteiger partial charge is 0.486 e. The van der Waals surface area contributed by atoms with E-state index in [2.05, 4.69) is 13.0 Å². The lowest BCUT2D eigenvalue weighted by atomic mass is 10.0. The third kappa shape index (κ3) is 1.80. The van der Waals surface area contributed by atoms with E-state index in [1.165, 1.54) is 5.57 Å². The lowest BCUT2D eigenvalue weighted by Gasteiger charge is -2.22. The second-order valence-corrected chi connectivity index (χ2v) is 4.03. The molecule has 0 saturated carbocycles. The first kappa shape index (κ1) is 9.97. The predicted octanol–water partition coefficient (Wildman–Crippen LogP) is 3.26. The Bertz CT molecular complexity index is 446. The highest BCUT2D eigenvalue weighted by molar-refractivity contribution is 5.97. The highest BCUT2D eigenvalue weighted by atomic mass is 16.5. The summed E-state index contributed by atoms with van der Waals surface area (Å²) in [7, 11) is 0. The number of hydrogen-bond acceptors (Lipinski definition) is 2. The topological polar surface area (TPSA) is 33.1 Å². The van der Waals surface area contributed by atoms with Crippen molar-refractivity contribution in [3.63, 3.8) is 0 Å². The van der Waals surface area contributed by atoms with Crippen molar-refractivity contribution in [2.75, 3.05) is 0 Å². The van der Waals surface area contributed by atoms with Crippen molar-refractivity contribution in [1.29, 1.82) is 5.41 Å². The normalized spacial score (nSPS) is 18.9. The molecule has 1 aromatic rings. The average molecular weight is 201 g/mol. The quantitative estimate of drug-likeness (QED) is 0.695. The molecule has 1 aromatic carbocycles. The molecule has 0 amide bonds. The Labute approximate surface area is 90.1 Å². The average Bonchev–Trinajstić information content (AvgIpc) is 2.19. The number of hydrogen-bond donors (Lipinski definition) is 1. The summed E-state index contributed by atoms with van der Waals surface area (Å²) < 4.78 is 5.74. The van der Waals surface area contributed by atoms with Gasteiger partial charge in [-0.25, -0.2) is 0 Å². The smallest absolute Gasteiger partial charge is 0.127 e. The summed E-state index contributed by atoms with van der Waals surface area (Å²) in [4.78, 5) is 0. The monoisotopic (exact) mass is 201 g/mol. The number of rotatable bonds is 1. The molecule has 0 radical (unpaired) electrons. The summed E-state index contributed by atoms with van der Waals surface area (Å²) >= 11 is 0. The molecule has 2 rings (SSSR count). The first-order valence-electron chi connectivity index (χ1n) is 5.12. The van der Waals surface area contributed by atoms with Crippen LogP contribution in [0.1, 0.15) is 31.9 Å². The van der Waals surface area contributed by atoms with E-state index in [0.717, 1.165) is 16.9 Å². The van der Waals surface area contributed by atoms with Gasteiger partial charge in [0.1, 0.15) is 11.9 Å². The van der Waals surface area contributed by atoms with E-state index in [0.29, 0.717) is 5.71 Å². The molecule has 0 aromatic heterocycles. The second kappa shape index (κ2) is 3.54. The van der Waals surface area contributed by atoms with Gasteiger partial charge in [0.05, 0.1) is 0 Å². The van der Waals surface area contributed by atoms with E-state index in [1.54, 1.807) is 6.92 Å². The second-order valence-electron chi connectivity index (χ2n) is 4.03. The summed E-state index contributed by atoms with van der Waals surface area (Å²) in [6, 6.07) is 5.89. The van der Waals surface area contributed by atoms with Crippen molar-refractivity contribution >= 4 is 11.8 Å². The molecule has 1 heterocycles. The molecule has 0 spiro atoms. The van der Waals surface area contributed by atoms with E-state index < -0.39 is 0 Å². The van der Waals surface area contributed by atoms with Crippen molar-refractivity contribution in [2.45, 2.75) is 26.9 Å². The number of ether oxygens (including phenoxy) is 1. The van der Waals surface area contributed by atoms with Gasteiger partial charge in [0, 0.05) is 11.3 Å².